The van der Waals surface area contributed by atoms with E-state index in [2.05, 4.69) is 40.0 Å². The number of carbonyl (C=O) groups excluding carboxylic acids is 1. The van der Waals surface area contributed by atoms with Crippen LogP contribution in [0.15, 0.2) is 25.3 Å². The fraction of sp³-hybridized carbons (Fsp3) is 0.750. The Morgan fingerprint density at radius 3 is 2.41 bits per heavy atom. The molecule has 22 heavy (non-hydrogen) atoms. The number of aliphatic hydroxyl groups is 1. The van der Waals surface area contributed by atoms with E-state index in [1.54, 1.807) is 19.9 Å². The first kappa shape index (κ1) is 19.2. The number of allylic oxidation sites excluding steroid dienone is 1. The van der Waals surface area contributed by atoms with Crippen LogP contribution in [-0.2, 0) is 4.79 Å². The van der Waals surface area contributed by atoms with Gasteiger partial charge in [-0.3, -0.25) is 4.79 Å². The maximum absolute atomic E-state index is 12.4. The lowest BCUT2D eigenvalue weighted by Gasteiger charge is -2.53. The summed E-state index contributed by atoms with van der Waals surface area (Å²) < 4.78 is 0. The number of hydrogen-bond acceptors (Lipinski definition) is 2. The largest absolute Gasteiger partial charge is 0.386 e. The molecular weight excluding hydrogens is 272 g/mol. The molecule has 0 bridgehead atoms. The van der Waals surface area contributed by atoms with E-state index < -0.39 is 5.60 Å². The Hall–Kier alpha value is -0.890. The van der Waals surface area contributed by atoms with E-state index in [1.807, 2.05) is 0 Å². The molecule has 1 rings (SSSR count). The second-order valence-corrected chi connectivity index (χ2v) is 8.32. The van der Waals surface area contributed by atoms with Gasteiger partial charge in [-0.1, -0.05) is 39.3 Å². The summed E-state index contributed by atoms with van der Waals surface area (Å²) >= 11 is 0. The SMILES string of the molecule is C=C[C@@H]1C(C)(C)CCC[C@@]1(C)[C@H](CC[C@](C)(O)C=C)C(C)=O. The van der Waals surface area contributed by atoms with E-state index in [0.717, 1.165) is 12.8 Å². The van der Waals surface area contributed by atoms with Crippen molar-refractivity contribution in [3.05, 3.63) is 25.3 Å². The van der Waals surface area contributed by atoms with Gasteiger partial charge in [0.1, 0.15) is 5.78 Å². The van der Waals surface area contributed by atoms with E-state index in [-0.39, 0.29) is 22.5 Å². The van der Waals surface area contributed by atoms with Crippen molar-refractivity contribution in [1.29, 1.82) is 0 Å². The summed E-state index contributed by atoms with van der Waals surface area (Å²) in [4.78, 5) is 12.4. The van der Waals surface area contributed by atoms with Gasteiger partial charge in [0.25, 0.3) is 0 Å². The van der Waals surface area contributed by atoms with Gasteiger partial charge in [-0.15, -0.1) is 13.2 Å². The minimum absolute atomic E-state index is 0.0403. The zero-order valence-corrected chi connectivity index (χ0v) is 15.1. The molecule has 1 saturated carbocycles. The molecule has 1 aliphatic carbocycles. The number of Topliss-reactive ketones (excluding diaryl/α,β-unsaturated/α-hetero) is 1. The second kappa shape index (κ2) is 6.70. The molecule has 2 nitrogen and oxygen atoms in total. The Morgan fingerprint density at radius 2 is 1.95 bits per heavy atom. The summed E-state index contributed by atoms with van der Waals surface area (Å²) in [6.45, 7) is 18.0. The van der Waals surface area contributed by atoms with Crippen molar-refractivity contribution in [3.63, 3.8) is 0 Å². The number of hydrogen-bond donors (Lipinski definition) is 1. The predicted molar refractivity (Wildman–Crippen MR) is 93.7 cm³/mol. The summed E-state index contributed by atoms with van der Waals surface area (Å²) in [6.07, 6.45) is 8.27. The first-order valence-corrected chi connectivity index (χ1v) is 8.49. The zero-order valence-electron chi connectivity index (χ0n) is 15.1. The van der Waals surface area contributed by atoms with E-state index >= 15 is 0 Å². The van der Waals surface area contributed by atoms with Crippen molar-refractivity contribution in [2.24, 2.45) is 22.7 Å². The van der Waals surface area contributed by atoms with Crippen molar-refractivity contribution in [1.82, 2.24) is 0 Å². The van der Waals surface area contributed by atoms with Crippen molar-refractivity contribution in [3.8, 4) is 0 Å². The van der Waals surface area contributed by atoms with Gasteiger partial charge in [-0.2, -0.15) is 0 Å². The highest BCUT2D eigenvalue weighted by Gasteiger charge is 2.50. The van der Waals surface area contributed by atoms with Crippen LogP contribution in [0.25, 0.3) is 0 Å². The van der Waals surface area contributed by atoms with Crippen LogP contribution in [0.4, 0.5) is 0 Å². The minimum Gasteiger partial charge on any atom is -0.386 e. The average molecular weight is 306 g/mol. The molecule has 0 aromatic carbocycles. The third-order valence-electron chi connectivity index (χ3n) is 5.99. The Labute approximate surface area is 136 Å². The van der Waals surface area contributed by atoms with Gasteiger partial charge in [0.2, 0.25) is 0 Å². The Kier molecular flexibility index (Phi) is 5.83. The summed E-state index contributed by atoms with van der Waals surface area (Å²) in [7, 11) is 0. The van der Waals surface area contributed by atoms with E-state index in [1.165, 1.54) is 6.42 Å². The summed E-state index contributed by atoms with van der Waals surface area (Å²) in [6, 6.07) is 0. The fourth-order valence-electron chi connectivity index (χ4n) is 4.64. The summed E-state index contributed by atoms with van der Waals surface area (Å²) in [5.74, 6) is 0.504. The van der Waals surface area contributed by atoms with E-state index in [9.17, 15) is 9.90 Å². The van der Waals surface area contributed by atoms with E-state index in [4.69, 9.17) is 0 Å². The van der Waals surface area contributed by atoms with Crippen molar-refractivity contribution < 1.29 is 9.90 Å². The highest BCUT2D eigenvalue weighted by molar-refractivity contribution is 5.79. The molecule has 1 fully saturated rings. The van der Waals surface area contributed by atoms with E-state index in [0.29, 0.717) is 18.8 Å². The molecule has 0 radical (unpaired) electrons. The predicted octanol–water partition coefficient (Wildman–Crippen LogP) is 4.93. The van der Waals surface area contributed by atoms with Crippen molar-refractivity contribution in [2.45, 2.75) is 72.3 Å². The third-order valence-corrected chi connectivity index (χ3v) is 5.99. The molecule has 0 aliphatic heterocycles. The molecule has 0 unspecified atom stereocenters. The van der Waals surface area contributed by atoms with Crippen molar-refractivity contribution in [2.75, 3.05) is 0 Å². The van der Waals surface area contributed by atoms with Gasteiger partial charge in [0.05, 0.1) is 5.60 Å². The van der Waals surface area contributed by atoms with Crippen LogP contribution in [0.5, 0.6) is 0 Å². The van der Waals surface area contributed by atoms with Gasteiger partial charge >= 0.3 is 0 Å². The Balaban J connectivity index is 3.09. The molecule has 0 spiro atoms. The van der Waals surface area contributed by atoms with Crippen LogP contribution in [0.2, 0.25) is 0 Å². The van der Waals surface area contributed by atoms with Crippen LogP contribution < -0.4 is 0 Å². The molecule has 126 valence electrons. The number of carbonyl (C=O) groups is 1. The third kappa shape index (κ3) is 3.90. The topological polar surface area (TPSA) is 37.3 Å². The zero-order chi connectivity index (χ0) is 17.2. The van der Waals surface area contributed by atoms with Crippen LogP contribution in [0.3, 0.4) is 0 Å². The highest BCUT2D eigenvalue weighted by atomic mass is 16.3. The molecular formula is C20H34O2. The Bertz CT molecular complexity index is 433. The van der Waals surface area contributed by atoms with Crippen LogP contribution in [0.1, 0.15) is 66.7 Å². The normalized spacial score (nSPS) is 31.8. The molecule has 0 heterocycles. The van der Waals surface area contributed by atoms with Gasteiger partial charge in [0, 0.05) is 5.92 Å². The molecule has 0 aromatic heterocycles. The lowest BCUT2D eigenvalue weighted by molar-refractivity contribution is -0.130. The second-order valence-electron chi connectivity index (χ2n) is 8.32. The molecule has 0 saturated heterocycles. The number of ketones is 1. The smallest absolute Gasteiger partial charge is 0.133 e. The molecule has 1 N–H and O–H groups in total. The lowest BCUT2D eigenvalue weighted by Crippen LogP contribution is -2.47. The molecule has 1 aliphatic rings. The first-order chi connectivity index (χ1) is 10.00. The lowest BCUT2D eigenvalue weighted by atomic mass is 9.51. The molecule has 0 aromatic rings. The summed E-state index contributed by atoms with van der Waals surface area (Å²) in [5.41, 5.74) is -0.812. The first-order valence-electron chi connectivity index (χ1n) is 8.49. The summed E-state index contributed by atoms with van der Waals surface area (Å²) in [5, 5.41) is 10.2. The van der Waals surface area contributed by atoms with Crippen LogP contribution in [-0.4, -0.2) is 16.5 Å². The van der Waals surface area contributed by atoms with Gasteiger partial charge in [-0.05, 0) is 56.3 Å². The Morgan fingerprint density at radius 1 is 1.36 bits per heavy atom. The van der Waals surface area contributed by atoms with Gasteiger partial charge in [0.15, 0.2) is 0 Å². The monoisotopic (exact) mass is 306 g/mol. The molecule has 0 amide bonds. The highest BCUT2D eigenvalue weighted by Crippen LogP contribution is 2.56. The molecule has 4 atom stereocenters. The molecule has 2 heteroatoms. The number of rotatable bonds is 7. The van der Waals surface area contributed by atoms with Crippen molar-refractivity contribution >= 4 is 5.78 Å². The van der Waals surface area contributed by atoms with Gasteiger partial charge < -0.3 is 5.11 Å². The maximum atomic E-state index is 12.4. The van der Waals surface area contributed by atoms with Gasteiger partial charge in [-0.25, -0.2) is 0 Å². The quantitative estimate of drug-likeness (QED) is 0.677. The van der Waals surface area contributed by atoms with Crippen LogP contribution >= 0.6 is 0 Å². The average Bonchev–Trinajstić information content (AvgIpc) is 2.37. The fourth-order valence-corrected chi connectivity index (χ4v) is 4.64. The standard InChI is InChI=1S/C20H34O2/c1-8-17-18(4,5)12-10-13-20(17,7)16(15(3)21)11-14-19(6,22)9-2/h8-9,16-17,22H,1-2,10-14H2,3-7H3/t16-,17-,19-,20+/m1/s1. The minimum atomic E-state index is -0.905. The maximum Gasteiger partial charge on any atom is 0.133 e. The van der Waals surface area contributed by atoms with Crippen LogP contribution in [0, 0.1) is 22.7 Å².